The first kappa shape index (κ1) is 14.3. The van der Waals surface area contributed by atoms with Crippen molar-refractivity contribution in [2.45, 2.75) is 12.5 Å². The zero-order chi connectivity index (χ0) is 12.6. The van der Waals surface area contributed by atoms with Gasteiger partial charge in [0.1, 0.15) is 0 Å². The molecular formula is C11H10I3NO2. The molecule has 0 saturated carbocycles. The van der Waals surface area contributed by atoms with Crippen molar-refractivity contribution in [1.82, 2.24) is 4.90 Å². The van der Waals surface area contributed by atoms with Gasteiger partial charge in [0.15, 0.2) is 0 Å². The van der Waals surface area contributed by atoms with E-state index >= 15 is 0 Å². The van der Waals surface area contributed by atoms with E-state index in [0.717, 1.165) is 16.3 Å². The second kappa shape index (κ2) is 5.87. The number of aliphatic hydroxyl groups is 1. The van der Waals surface area contributed by atoms with Gasteiger partial charge < -0.3 is 10.0 Å². The smallest absolute Gasteiger partial charge is 0.255 e. The van der Waals surface area contributed by atoms with Crippen LogP contribution in [0.4, 0.5) is 0 Å². The van der Waals surface area contributed by atoms with Gasteiger partial charge in [-0.2, -0.15) is 0 Å². The fraction of sp³-hybridized carbons (Fsp3) is 0.364. The van der Waals surface area contributed by atoms with E-state index in [-0.39, 0.29) is 12.0 Å². The van der Waals surface area contributed by atoms with Crippen molar-refractivity contribution in [3.8, 4) is 0 Å². The zero-order valence-electron chi connectivity index (χ0n) is 8.79. The molecule has 1 N–H and O–H groups in total. The third-order valence-electron chi connectivity index (χ3n) is 2.67. The number of hydrogen-bond donors (Lipinski definition) is 1. The Morgan fingerprint density at radius 3 is 2.65 bits per heavy atom. The average Bonchev–Trinajstić information content (AvgIpc) is 2.69. The summed E-state index contributed by atoms with van der Waals surface area (Å²) in [4.78, 5) is 14.1. The number of aliphatic hydroxyl groups excluding tert-OH is 1. The van der Waals surface area contributed by atoms with E-state index in [2.05, 4.69) is 73.8 Å². The van der Waals surface area contributed by atoms with Crippen LogP contribution in [-0.2, 0) is 0 Å². The predicted molar refractivity (Wildman–Crippen MR) is 91.1 cm³/mol. The summed E-state index contributed by atoms with van der Waals surface area (Å²) < 4.78 is 3.16. The predicted octanol–water partition coefficient (Wildman–Crippen LogP) is 2.71. The normalized spacial score (nSPS) is 19.8. The number of hydrogen-bond acceptors (Lipinski definition) is 2. The summed E-state index contributed by atoms with van der Waals surface area (Å²) in [7, 11) is 0. The molecule has 6 heteroatoms. The fourth-order valence-corrected chi connectivity index (χ4v) is 4.20. The molecule has 1 heterocycles. The fourth-order valence-electron chi connectivity index (χ4n) is 1.81. The third kappa shape index (κ3) is 3.24. The molecule has 0 aliphatic carbocycles. The lowest BCUT2D eigenvalue weighted by atomic mass is 10.2. The Morgan fingerprint density at radius 1 is 1.35 bits per heavy atom. The van der Waals surface area contributed by atoms with Crippen LogP contribution < -0.4 is 0 Å². The largest absolute Gasteiger partial charge is 0.391 e. The number of carbonyl (C=O) groups excluding carboxylic acids is 1. The quantitative estimate of drug-likeness (QED) is 0.418. The van der Waals surface area contributed by atoms with Crippen LogP contribution in [-0.4, -0.2) is 35.1 Å². The Labute approximate surface area is 141 Å². The van der Waals surface area contributed by atoms with Crippen LogP contribution >= 0.6 is 67.8 Å². The van der Waals surface area contributed by atoms with Crippen molar-refractivity contribution in [3.05, 3.63) is 28.4 Å². The maximum Gasteiger partial charge on any atom is 0.255 e. The van der Waals surface area contributed by atoms with Crippen LogP contribution in [0.25, 0.3) is 0 Å². The van der Waals surface area contributed by atoms with Crippen LogP contribution in [0, 0.1) is 10.7 Å². The molecule has 1 aliphatic rings. The van der Waals surface area contributed by atoms with Crippen molar-refractivity contribution in [2.24, 2.45) is 0 Å². The van der Waals surface area contributed by atoms with Crippen molar-refractivity contribution < 1.29 is 9.90 Å². The Kier molecular flexibility index (Phi) is 4.92. The van der Waals surface area contributed by atoms with Crippen LogP contribution in [0.3, 0.4) is 0 Å². The summed E-state index contributed by atoms with van der Waals surface area (Å²) in [6.07, 6.45) is 0.321. The van der Waals surface area contributed by atoms with Gasteiger partial charge in [0.25, 0.3) is 5.91 Å². The summed E-state index contributed by atoms with van der Waals surface area (Å²) in [6, 6.07) is 3.97. The standard InChI is InChI=1S/C11H10I3NO2/c12-6-3-8(10(14)9(13)4-6)11(17)15-2-1-7(16)5-15/h3-4,7,16H,1-2,5H2. The van der Waals surface area contributed by atoms with Gasteiger partial charge in [-0.25, -0.2) is 0 Å². The number of benzene rings is 1. The number of halogens is 3. The number of amides is 1. The van der Waals surface area contributed by atoms with Gasteiger partial charge in [-0.1, -0.05) is 0 Å². The van der Waals surface area contributed by atoms with Gasteiger partial charge in [-0.3, -0.25) is 4.79 Å². The summed E-state index contributed by atoms with van der Waals surface area (Å²) in [5.74, 6) is 0.0300. The van der Waals surface area contributed by atoms with Gasteiger partial charge in [-0.05, 0) is 86.3 Å². The Hall–Kier alpha value is 0.840. The third-order valence-corrected chi connectivity index (χ3v) is 6.34. The average molecular weight is 569 g/mol. The highest BCUT2D eigenvalue weighted by Gasteiger charge is 2.27. The van der Waals surface area contributed by atoms with Crippen molar-refractivity contribution in [2.75, 3.05) is 13.1 Å². The van der Waals surface area contributed by atoms with E-state index in [1.165, 1.54) is 0 Å². The topological polar surface area (TPSA) is 40.5 Å². The minimum Gasteiger partial charge on any atom is -0.391 e. The molecule has 1 unspecified atom stereocenters. The Bertz CT molecular complexity index is 464. The van der Waals surface area contributed by atoms with Gasteiger partial charge in [0.05, 0.1) is 11.7 Å². The van der Waals surface area contributed by atoms with E-state index in [9.17, 15) is 9.90 Å². The van der Waals surface area contributed by atoms with E-state index < -0.39 is 0 Å². The molecule has 3 nitrogen and oxygen atoms in total. The van der Waals surface area contributed by atoms with Gasteiger partial charge in [0, 0.05) is 23.8 Å². The molecule has 2 rings (SSSR count). The maximum atomic E-state index is 12.3. The zero-order valence-corrected chi connectivity index (χ0v) is 15.3. The summed E-state index contributed by atoms with van der Waals surface area (Å²) in [6.45, 7) is 1.11. The van der Waals surface area contributed by atoms with Crippen molar-refractivity contribution in [1.29, 1.82) is 0 Å². The molecule has 17 heavy (non-hydrogen) atoms. The second-order valence-electron chi connectivity index (χ2n) is 3.94. The SMILES string of the molecule is O=C(c1cc(I)cc(I)c1I)N1CCC(O)C1. The molecule has 0 spiro atoms. The van der Waals surface area contributed by atoms with Crippen LogP contribution in [0.5, 0.6) is 0 Å². The molecule has 1 atom stereocenters. The number of likely N-dealkylation sites (tertiary alicyclic amines) is 1. The Balaban J connectivity index is 2.31. The van der Waals surface area contributed by atoms with Crippen molar-refractivity contribution >= 4 is 73.7 Å². The number of nitrogens with zero attached hydrogens (tertiary/aromatic N) is 1. The molecule has 0 aromatic heterocycles. The lowest BCUT2D eigenvalue weighted by molar-refractivity contribution is 0.0764. The first-order valence-electron chi connectivity index (χ1n) is 5.11. The van der Waals surface area contributed by atoms with E-state index in [1.54, 1.807) is 4.90 Å². The molecule has 1 aromatic carbocycles. The highest BCUT2D eigenvalue weighted by atomic mass is 127. The number of carbonyl (C=O) groups is 1. The molecular weight excluding hydrogens is 559 g/mol. The first-order chi connectivity index (χ1) is 7.99. The minimum atomic E-state index is -0.363. The Morgan fingerprint density at radius 2 is 2.06 bits per heavy atom. The number of rotatable bonds is 1. The minimum absolute atomic E-state index is 0.0300. The van der Waals surface area contributed by atoms with Crippen LogP contribution in [0.2, 0.25) is 0 Å². The molecule has 1 aliphatic heterocycles. The molecule has 92 valence electrons. The van der Waals surface area contributed by atoms with Crippen molar-refractivity contribution in [3.63, 3.8) is 0 Å². The van der Waals surface area contributed by atoms with Gasteiger partial charge >= 0.3 is 0 Å². The van der Waals surface area contributed by atoms with Gasteiger partial charge in [0.2, 0.25) is 0 Å². The number of β-amino-alcohol motifs (C(OH)–C–C–N with tert-alkyl or cyclic N) is 1. The summed E-state index contributed by atoms with van der Waals surface area (Å²) >= 11 is 6.67. The molecule has 1 fully saturated rings. The highest BCUT2D eigenvalue weighted by molar-refractivity contribution is 14.1. The molecule has 1 aromatic rings. The van der Waals surface area contributed by atoms with Gasteiger partial charge in [-0.15, -0.1) is 0 Å². The van der Waals surface area contributed by atoms with E-state index in [1.807, 2.05) is 6.07 Å². The molecule has 1 saturated heterocycles. The van der Waals surface area contributed by atoms with Crippen LogP contribution in [0.1, 0.15) is 16.8 Å². The van der Waals surface area contributed by atoms with E-state index in [0.29, 0.717) is 19.5 Å². The maximum absolute atomic E-state index is 12.3. The summed E-state index contributed by atoms with van der Waals surface area (Å²) in [5, 5.41) is 9.48. The summed E-state index contributed by atoms with van der Waals surface area (Å²) in [5.41, 5.74) is 0.746. The first-order valence-corrected chi connectivity index (χ1v) is 8.34. The second-order valence-corrected chi connectivity index (χ2v) is 7.43. The lowest BCUT2D eigenvalue weighted by Crippen LogP contribution is -2.30. The molecule has 0 radical (unpaired) electrons. The monoisotopic (exact) mass is 569 g/mol. The molecule has 1 amide bonds. The lowest BCUT2D eigenvalue weighted by Gasteiger charge is -2.17. The molecule has 0 bridgehead atoms. The van der Waals surface area contributed by atoms with Crippen LogP contribution in [0.15, 0.2) is 12.1 Å². The van der Waals surface area contributed by atoms with E-state index in [4.69, 9.17) is 0 Å². The highest BCUT2D eigenvalue weighted by Crippen LogP contribution is 2.25.